The largest absolute Gasteiger partial charge is 0.398 e. The second-order valence-electron chi connectivity index (χ2n) is 5.77. The van der Waals surface area contributed by atoms with E-state index in [-0.39, 0.29) is 16.0 Å². The van der Waals surface area contributed by atoms with E-state index < -0.39 is 10.0 Å². The van der Waals surface area contributed by atoms with Gasteiger partial charge in [-0.15, -0.1) is 0 Å². The minimum absolute atomic E-state index is 0.00234. The predicted octanol–water partition coefficient (Wildman–Crippen LogP) is 3.03. The third-order valence-corrected chi connectivity index (χ3v) is 6.05. The number of nitrogens with one attached hydrogen (secondary N) is 1. The Kier molecular flexibility index (Phi) is 4.62. The van der Waals surface area contributed by atoms with Crippen LogP contribution in [0.2, 0.25) is 5.02 Å². The highest BCUT2D eigenvalue weighted by Crippen LogP contribution is 2.30. The Morgan fingerprint density at radius 1 is 1.25 bits per heavy atom. The van der Waals surface area contributed by atoms with Gasteiger partial charge >= 0.3 is 0 Å². The van der Waals surface area contributed by atoms with Crippen molar-refractivity contribution in [2.75, 3.05) is 5.73 Å². The summed E-state index contributed by atoms with van der Waals surface area (Å²) in [4.78, 5) is 0.169. The van der Waals surface area contributed by atoms with Gasteiger partial charge in [0.2, 0.25) is 10.0 Å². The summed E-state index contributed by atoms with van der Waals surface area (Å²) in [5.74, 6) is 1.19. The first-order chi connectivity index (χ1) is 9.29. The lowest BCUT2D eigenvalue weighted by Crippen LogP contribution is -2.39. The number of benzene rings is 1. The number of rotatable bonds is 3. The molecule has 0 radical (unpaired) electrons. The van der Waals surface area contributed by atoms with Gasteiger partial charge in [0, 0.05) is 6.04 Å². The van der Waals surface area contributed by atoms with Gasteiger partial charge in [0.15, 0.2) is 0 Å². The first kappa shape index (κ1) is 15.6. The molecule has 1 saturated carbocycles. The standard InChI is InChI=1S/C14H21ClN2O2S/c1-9-3-4-11(7-10(9)2)17-20(18,19)12-5-6-14(16)13(15)8-12/h5-6,8-11,17H,3-4,7,16H2,1-2H3. The fraction of sp³-hybridized carbons (Fsp3) is 0.571. The Morgan fingerprint density at radius 3 is 2.55 bits per heavy atom. The molecule has 0 amide bonds. The van der Waals surface area contributed by atoms with Gasteiger partial charge in [-0.2, -0.15) is 0 Å². The zero-order valence-corrected chi connectivity index (χ0v) is 13.3. The Morgan fingerprint density at radius 2 is 1.95 bits per heavy atom. The third-order valence-electron chi connectivity index (χ3n) is 4.20. The SMILES string of the molecule is CC1CCC(NS(=O)(=O)c2ccc(N)c(Cl)c2)CC1C. The zero-order chi connectivity index (χ0) is 14.9. The summed E-state index contributed by atoms with van der Waals surface area (Å²) >= 11 is 5.89. The highest BCUT2D eigenvalue weighted by molar-refractivity contribution is 7.89. The fourth-order valence-electron chi connectivity index (χ4n) is 2.62. The monoisotopic (exact) mass is 316 g/mol. The van der Waals surface area contributed by atoms with E-state index in [1.807, 2.05) is 0 Å². The molecule has 0 spiro atoms. The maximum atomic E-state index is 12.3. The second-order valence-corrected chi connectivity index (χ2v) is 7.89. The molecular formula is C14H21ClN2O2S. The van der Waals surface area contributed by atoms with Crippen LogP contribution in [0.25, 0.3) is 0 Å². The molecular weight excluding hydrogens is 296 g/mol. The van der Waals surface area contributed by atoms with Crippen LogP contribution in [0.3, 0.4) is 0 Å². The number of sulfonamides is 1. The van der Waals surface area contributed by atoms with Crippen LogP contribution < -0.4 is 10.5 Å². The number of nitrogen functional groups attached to an aromatic ring is 1. The molecule has 20 heavy (non-hydrogen) atoms. The molecule has 1 aromatic carbocycles. The molecule has 6 heteroatoms. The van der Waals surface area contributed by atoms with Crippen LogP contribution in [0.15, 0.2) is 23.1 Å². The van der Waals surface area contributed by atoms with E-state index in [1.54, 1.807) is 0 Å². The molecule has 0 bridgehead atoms. The van der Waals surface area contributed by atoms with Crippen LogP contribution in [0, 0.1) is 11.8 Å². The number of hydrogen-bond donors (Lipinski definition) is 2. The maximum Gasteiger partial charge on any atom is 0.240 e. The molecule has 0 aliphatic heterocycles. The zero-order valence-electron chi connectivity index (χ0n) is 11.8. The second kappa shape index (κ2) is 5.92. The fourth-order valence-corrected chi connectivity index (χ4v) is 4.17. The van der Waals surface area contributed by atoms with E-state index in [2.05, 4.69) is 18.6 Å². The molecule has 1 fully saturated rings. The smallest absolute Gasteiger partial charge is 0.240 e. The molecule has 2 rings (SSSR count). The highest BCUT2D eigenvalue weighted by atomic mass is 35.5. The van der Waals surface area contributed by atoms with Gasteiger partial charge in [-0.3, -0.25) is 0 Å². The molecule has 0 aromatic heterocycles. The summed E-state index contributed by atoms with van der Waals surface area (Å²) in [5, 5.41) is 0.263. The maximum absolute atomic E-state index is 12.3. The molecule has 0 saturated heterocycles. The molecule has 1 aromatic rings. The van der Waals surface area contributed by atoms with Crippen LogP contribution in [0.1, 0.15) is 33.1 Å². The molecule has 4 nitrogen and oxygen atoms in total. The molecule has 1 aliphatic rings. The van der Waals surface area contributed by atoms with Crippen molar-refractivity contribution in [1.82, 2.24) is 4.72 Å². The van der Waals surface area contributed by atoms with Crippen molar-refractivity contribution in [3.63, 3.8) is 0 Å². The first-order valence-electron chi connectivity index (χ1n) is 6.87. The van der Waals surface area contributed by atoms with Crippen LogP contribution in [-0.4, -0.2) is 14.5 Å². The van der Waals surface area contributed by atoms with Crippen molar-refractivity contribution in [1.29, 1.82) is 0 Å². The minimum atomic E-state index is -3.53. The van der Waals surface area contributed by atoms with E-state index in [9.17, 15) is 8.42 Å². The van der Waals surface area contributed by atoms with Gasteiger partial charge in [0.1, 0.15) is 0 Å². The Balaban J connectivity index is 2.13. The van der Waals surface area contributed by atoms with Crippen molar-refractivity contribution in [3.8, 4) is 0 Å². The predicted molar refractivity (Wildman–Crippen MR) is 82.2 cm³/mol. The van der Waals surface area contributed by atoms with Crippen molar-refractivity contribution in [3.05, 3.63) is 23.2 Å². The van der Waals surface area contributed by atoms with Crippen LogP contribution in [0.5, 0.6) is 0 Å². The lowest BCUT2D eigenvalue weighted by Gasteiger charge is -2.32. The molecule has 3 N–H and O–H groups in total. The van der Waals surface area contributed by atoms with Gasteiger partial charge in [-0.1, -0.05) is 25.4 Å². The van der Waals surface area contributed by atoms with E-state index in [0.717, 1.165) is 19.3 Å². The van der Waals surface area contributed by atoms with Crippen LogP contribution in [0.4, 0.5) is 5.69 Å². The van der Waals surface area contributed by atoms with Crippen molar-refractivity contribution < 1.29 is 8.42 Å². The summed E-state index contributed by atoms with van der Waals surface area (Å²) in [5.41, 5.74) is 5.98. The van der Waals surface area contributed by atoms with Gasteiger partial charge in [0.25, 0.3) is 0 Å². The van der Waals surface area contributed by atoms with Crippen LogP contribution in [-0.2, 0) is 10.0 Å². The molecule has 3 atom stereocenters. The number of hydrogen-bond acceptors (Lipinski definition) is 3. The van der Waals surface area contributed by atoms with Gasteiger partial charge in [-0.25, -0.2) is 13.1 Å². The summed E-state index contributed by atoms with van der Waals surface area (Å²) in [6.45, 7) is 4.39. The van der Waals surface area contributed by atoms with Crippen LogP contribution >= 0.6 is 11.6 Å². The van der Waals surface area contributed by atoms with E-state index in [1.165, 1.54) is 18.2 Å². The van der Waals surface area contributed by atoms with Crippen molar-refractivity contribution in [2.45, 2.75) is 44.0 Å². The Hall–Kier alpha value is -0.780. The molecule has 112 valence electrons. The highest BCUT2D eigenvalue weighted by Gasteiger charge is 2.28. The van der Waals surface area contributed by atoms with Crippen molar-refractivity contribution in [2.24, 2.45) is 11.8 Å². The average Bonchev–Trinajstić information content (AvgIpc) is 2.37. The lowest BCUT2D eigenvalue weighted by molar-refractivity contribution is 0.242. The lowest BCUT2D eigenvalue weighted by atomic mass is 9.79. The quantitative estimate of drug-likeness (QED) is 0.842. The summed E-state index contributed by atoms with van der Waals surface area (Å²) in [6, 6.07) is 4.40. The molecule has 0 heterocycles. The normalized spacial score (nSPS) is 27.4. The third kappa shape index (κ3) is 3.45. The van der Waals surface area contributed by atoms with E-state index in [0.29, 0.717) is 17.5 Å². The minimum Gasteiger partial charge on any atom is -0.398 e. The number of halogens is 1. The van der Waals surface area contributed by atoms with Gasteiger partial charge in [-0.05, 0) is 49.3 Å². The number of anilines is 1. The summed E-state index contributed by atoms with van der Waals surface area (Å²) < 4.78 is 27.5. The van der Waals surface area contributed by atoms with Gasteiger partial charge < -0.3 is 5.73 Å². The molecule has 1 aliphatic carbocycles. The van der Waals surface area contributed by atoms with Crippen molar-refractivity contribution >= 4 is 27.3 Å². The Bertz CT molecular complexity index is 589. The van der Waals surface area contributed by atoms with Gasteiger partial charge in [0.05, 0.1) is 15.6 Å². The topological polar surface area (TPSA) is 72.2 Å². The molecule has 3 unspecified atom stereocenters. The Labute approximate surface area is 125 Å². The summed E-state index contributed by atoms with van der Waals surface area (Å²) in [7, 11) is -3.53. The van der Waals surface area contributed by atoms with E-state index in [4.69, 9.17) is 17.3 Å². The van der Waals surface area contributed by atoms with E-state index >= 15 is 0 Å². The average molecular weight is 317 g/mol. The number of nitrogens with two attached hydrogens (primary N) is 1. The first-order valence-corrected chi connectivity index (χ1v) is 8.73. The summed E-state index contributed by atoms with van der Waals surface area (Å²) in [6.07, 6.45) is 2.81.